The van der Waals surface area contributed by atoms with E-state index in [4.69, 9.17) is 16.0 Å². The standard InChI is InChI=1S/C18H24ClN3O2/c1-17(2,3)11-8-14(19)21-12-9-13(24-15(11)12)16(23)22-7-6-20-10-18(22,4)5/h8-9,20H,6-7,10H2,1-5H3. The van der Waals surface area contributed by atoms with E-state index in [1.807, 2.05) is 11.0 Å². The summed E-state index contributed by atoms with van der Waals surface area (Å²) in [5.41, 5.74) is 1.81. The smallest absolute Gasteiger partial charge is 0.290 e. The zero-order valence-corrected chi connectivity index (χ0v) is 15.6. The van der Waals surface area contributed by atoms with Gasteiger partial charge in [0.25, 0.3) is 5.91 Å². The lowest BCUT2D eigenvalue weighted by molar-refractivity contribution is 0.0448. The van der Waals surface area contributed by atoms with Crippen molar-refractivity contribution in [1.82, 2.24) is 15.2 Å². The van der Waals surface area contributed by atoms with Gasteiger partial charge in [-0.3, -0.25) is 4.79 Å². The summed E-state index contributed by atoms with van der Waals surface area (Å²) in [6, 6.07) is 3.52. The molecule has 1 aliphatic rings. The van der Waals surface area contributed by atoms with Crippen LogP contribution in [0.25, 0.3) is 11.1 Å². The van der Waals surface area contributed by atoms with E-state index >= 15 is 0 Å². The summed E-state index contributed by atoms with van der Waals surface area (Å²) in [6.45, 7) is 12.6. The SMILES string of the molecule is CC(C)(C)c1cc(Cl)nc2cc(C(=O)N3CCNCC3(C)C)oc12. The molecular formula is C18H24ClN3O2. The highest BCUT2D eigenvalue weighted by Crippen LogP contribution is 2.33. The number of aromatic nitrogens is 1. The van der Waals surface area contributed by atoms with E-state index < -0.39 is 0 Å². The number of nitrogens with one attached hydrogen (secondary N) is 1. The van der Waals surface area contributed by atoms with Gasteiger partial charge in [0.1, 0.15) is 10.7 Å². The number of amides is 1. The molecule has 5 nitrogen and oxygen atoms in total. The average Bonchev–Trinajstić information content (AvgIpc) is 2.87. The van der Waals surface area contributed by atoms with Crippen LogP contribution in [-0.2, 0) is 5.41 Å². The van der Waals surface area contributed by atoms with Gasteiger partial charge in [-0.1, -0.05) is 32.4 Å². The molecule has 24 heavy (non-hydrogen) atoms. The number of pyridine rings is 1. The number of carbonyl (C=O) groups excluding carboxylic acids is 1. The monoisotopic (exact) mass is 349 g/mol. The molecule has 1 aliphatic heterocycles. The first kappa shape index (κ1) is 17.2. The maximum absolute atomic E-state index is 13.0. The van der Waals surface area contributed by atoms with Crippen LogP contribution in [0.2, 0.25) is 5.15 Å². The molecule has 0 aliphatic carbocycles. The molecule has 0 saturated carbocycles. The molecule has 1 fully saturated rings. The number of nitrogens with zero attached hydrogens (tertiary/aromatic N) is 2. The van der Waals surface area contributed by atoms with Crippen molar-refractivity contribution in [2.24, 2.45) is 0 Å². The van der Waals surface area contributed by atoms with Crippen LogP contribution in [0.3, 0.4) is 0 Å². The Morgan fingerprint density at radius 1 is 1.38 bits per heavy atom. The number of carbonyl (C=O) groups is 1. The molecule has 2 aromatic rings. The predicted molar refractivity (Wildman–Crippen MR) is 95.7 cm³/mol. The van der Waals surface area contributed by atoms with E-state index in [1.54, 1.807) is 6.07 Å². The molecule has 0 atom stereocenters. The van der Waals surface area contributed by atoms with Gasteiger partial charge in [-0.15, -0.1) is 0 Å². The third-order valence-electron chi connectivity index (χ3n) is 4.51. The molecule has 0 radical (unpaired) electrons. The Kier molecular flexibility index (Phi) is 4.12. The summed E-state index contributed by atoms with van der Waals surface area (Å²) < 4.78 is 5.96. The third-order valence-corrected chi connectivity index (χ3v) is 4.71. The number of hydrogen-bond donors (Lipinski definition) is 1. The van der Waals surface area contributed by atoms with Crippen molar-refractivity contribution in [2.45, 2.75) is 45.6 Å². The molecule has 1 saturated heterocycles. The average molecular weight is 350 g/mol. The Labute approximate surface area is 147 Å². The van der Waals surface area contributed by atoms with Gasteiger partial charge in [0, 0.05) is 31.3 Å². The van der Waals surface area contributed by atoms with Gasteiger partial charge >= 0.3 is 0 Å². The summed E-state index contributed by atoms with van der Waals surface area (Å²) in [7, 11) is 0. The van der Waals surface area contributed by atoms with Crippen molar-refractivity contribution in [3.63, 3.8) is 0 Å². The fourth-order valence-electron chi connectivity index (χ4n) is 3.14. The van der Waals surface area contributed by atoms with E-state index in [-0.39, 0.29) is 16.9 Å². The Hall–Kier alpha value is -1.59. The van der Waals surface area contributed by atoms with Crippen LogP contribution in [0, 0.1) is 0 Å². The highest BCUT2D eigenvalue weighted by atomic mass is 35.5. The van der Waals surface area contributed by atoms with Gasteiger partial charge in [0.2, 0.25) is 0 Å². The molecule has 0 spiro atoms. The minimum Gasteiger partial charge on any atom is -0.449 e. The van der Waals surface area contributed by atoms with Gasteiger partial charge in [0.15, 0.2) is 11.3 Å². The van der Waals surface area contributed by atoms with Gasteiger partial charge in [-0.05, 0) is 25.3 Å². The van der Waals surface area contributed by atoms with Gasteiger partial charge < -0.3 is 14.6 Å². The van der Waals surface area contributed by atoms with Crippen molar-refractivity contribution in [1.29, 1.82) is 0 Å². The number of furan rings is 1. The van der Waals surface area contributed by atoms with Crippen LogP contribution >= 0.6 is 11.6 Å². The second kappa shape index (κ2) is 5.74. The molecule has 130 valence electrons. The molecular weight excluding hydrogens is 326 g/mol. The Morgan fingerprint density at radius 2 is 2.08 bits per heavy atom. The fourth-order valence-corrected chi connectivity index (χ4v) is 3.34. The van der Waals surface area contributed by atoms with E-state index in [2.05, 4.69) is 44.9 Å². The van der Waals surface area contributed by atoms with E-state index in [9.17, 15) is 4.79 Å². The van der Waals surface area contributed by atoms with Gasteiger partial charge in [-0.25, -0.2) is 4.98 Å². The summed E-state index contributed by atoms with van der Waals surface area (Å²) in [5.74, 6) is 0.218. The first-order valence-corrected chi connectivity index (χ1v) is 8.61. The second-order valence-electron chi connectivity index (χ2n) is 8.01. The molecule has 1 amide bonds. The van der Waals surface area contributed by atoms with Crippen LogP contribution in [-0.4, -0.2) is 41.0 Å². The summed E-state index contributed by atoms with van der Waals surface area (Å²) in [5, 5.41) is 3.73. The van der Waals surface area contributed by atoms with E-state index in [0.717, 1.165) is 18.7 Å². The molecule has 6 heteroatoms. The maximum atomic E-state index is 13.0. The van der Waals surface area contributed by atoms with E-state index in [1.165, 1.54) is 0 Å². The first-order valence-electron chi connectivity index (χ1n) is 8.23. The largest absolute Gasteiger partial charge is 0.449 e. The van der Waals surface area contributed by atoms with Crippen LogP contribution in [0.4, 0.5) is 0 Å². The van der Waals surface area contributed by atoms with Crippen LogP contribution in [0.15, 0.2) is 16.5 Å². The van der Waals surface area contributed by atoms with Crippen molar-refractivity contribution in [3.8, 4) is 0 Å². The minimum atomic E-state index is -0.258. The lowest BCUT2D eigenvalue weighted by atomic mass is 9.87. The van der Waals surface area contributed by atoms with Crippen LogP contribution in [0.1, 0.15) is 50.7 Å². The number of hydrogen-bond acceptors (Lipinski definition) is 4. The van der Waals surface area contributed by atoms with Gasteiger partial charge in [0.05, 0.1) is 5.54 Å². The molecule has 0 aromatic carbocycles. The van der Waals surface area contributed by atoms with Gasteiger partial charge in [-0.2, -0.15) is 0 Å². The zero-order chi connectivity index (χ0) is 17.7. The number of halogens is 1. The van der Waals surface area contributed by atoms with Crippen molar-refractivity contribution < 1.29 is 9.21 Å². The van der Waals surface area contributed by atoms with Crippen LogP contribution < -0.4 is 5.32 Å². The normalized spacial score (nSPS) is 18.2. The number of piperazine rings is 1. The first-order chi connectivity index (χ1) is 11.1. The Balaban J connectivity index is 2.06. The lowest BCUT2D eigenvalue weighted by Gasteiger charge is -2.42. The number of rotatable bonds is 1. The molecule has 1 N–H and O–H groups in total. The molecule has 3 heterocycles. The Morgan fingerprint density at radius 3 is 2.71 bits per heavy atom. The highest BCUT2D eigenvalue weighted by molar-refractivity contribution is 6.29. The maximum Gasteiger partial charge on any atom is 0.290 e. The molecule has 0 bridgehead atoms. The van der Waals surface area contributed by atoms with Crippen LogP contribution in [0.5, 0.6) is 0 Å². The topological polar surface area (TPSA) is 58.4 Å². The summed E-state index contributed by atoms with van der Waals surface area (Å²) in [6.07, 6.45) is 0. The van der Waals surface area contributed by atoms with Crippen molar-refractivity contribution in [3.05, 3.63) is 28.6 Å². The molecule has 3 rings (SSSR count). The van der Waals surface area contributed by atoms with E-state index in [0.29, 0.717) is 28.6 Å². The second-order valence-corrected chi connectivity index (χ2v) is 8.40. The number of fused-ring (bicyclic) bond motifs is 1. The molecule has 2 aromatic heterocycles. The van der Waals surface area contributed by atoms with Crippen molar-refractivity contribution >= 4 is 28.6 Å². The Bertz CT molecular complexity index is 789. The minimum absolute atomic E-state index is 0.101. The lowest BCUT2D eigenvalue weighted by Crippen LogP contribution is -2.59. The third kappa shape index (κ3) is 3.03. The highest BCUT2D eigenvalue weighted by Gasteiger charge is 2.35. The quantitative estimate of drug-likeness (QED) is 0.799. The van der Waals surface area contributed by atoms with Crippen molar-refractivity contribution in [2.75, 3.05) is 19.6 Å². The fraction of sp³-hybridized carbons (Fsp3) is 0.556. The summed E-state index contributed by atoms with van der Waals surface area (Å²) in [4.78, 5) is 19.2. The zero-order valence-electron chi connectivity index (χ0n) is 14.9. The predicted octanol–water partition coefficient (Wildman–Crippen LogP) is 3.60. The summed E-state index contributed by atoms with van der Waals surface area (Å²) >= 11 is 6.16. The molecule has 0 unspecified atom stereocenters.